The van der Waals surface area contributed by atoms with Crippen LogP contribution in [-0.2, 0) is 0 Å². The van der Waals surface area contributed by atoms with E-state index in [4.69, 9.17) is 5.73 Å². The normalized spacial score (nSPS) is 11.8. The molecule has 2 N–H and O–H groups in total. The molecule has 3 heteroatoms. The number of fused-ring (bicyclic) bond motifs is 6. The van der Waals surface area contributed by atoms with E-state index in [1.54, 1.807) is 0 Å². The molecule has 0 spiro atoms. The molecule has 2 nitrogen and oxygen atoms in total. The van der Waals surface area contributed by atoms with Gasteiger partial charge in [-0.3, -0.25) is 0 Å². The molecule has 0 bridgehead atoms. The van der Waals surface area contributed by atoms with Gasteiger partial charge in [-0.2, -0.15) is 0 Å². The Kier molecular flexibility index (Phi) is 3.90. The summed E-state index contributed by atoms with van der Waals surface area (Å²) in [4.78, 5) is 0. The molecule has 2 heterocycles. The van der Waals surface area contributed by atoms with Crippen LogP contribution in [0.5, 0.6) is 0 Å². The first-order valence-corrected chi connectivity index (χ1v) is 11.9. The average molecular weight is 441 g/mol. The Morgan fingerprint density at radius 1 is 0.545 bits per heavy atom. The van der Waals surface area contributed by atoms with Gasteiger partial charge in [-0.15, -0.1) is 11.3 Å². The highest BCUT2D eigenvalue weighted by atomic mass is 32.1. The van der Waals surface area contributed by atoms with E-state index < -0.39 is 0 Å². The lowest BCUT2D eigenvalue weighted by atomic mass is 10.0. The standard InChI is InChI=1S/C30H20N2S/c31-20-14-16-28(32-26-10-4-1-7-21(26)22-8-2-5-11-27(22)32)25(18-20)19-13-15-24-23-9-3-6-12-29(23)33-30(24)17-19/h1-18H,31H2. The summed E-state index contributed by atoms with van der Waals surface area (Å²) < 4.78 is 4.98. The summed E-state index contributed by atoms with van der Waals surface area (Å²) >= 11 is 1.85. The zero-order valence-electron chi connectivity index (χ0n) is 17.8. The minimum atomic E-state index is 0.769. The summed E-state index contributed by atoms with van der Waals surface area (Å²) in [5, 5.41) is 5.15. The molecule has 156 valence electrons. The smallest absolute Gasteiger partial charge is 0.0542 e. The predicted molar refractivity (Wildman–Crippen MR) is 144 cm³/mol. The molecule has 2 aromatic heterocycles. The summed E-state index contributed by atoms with van der Waals surface area (Å²) in [6.45, 7) is 0. The molecule has 0 atom stereocenters. The number of anilines is 1. The van der Waals surface area contributed by atoms with Gasteiger partial charge in [0.25, 0.3) is 0 Å². The van der Waals surface area contributed by atoms with Gasteiger partial charge >= 0.3 is 0 Å². The van der Waals surface area contributed by atoms with Crippen molar-refractivity contribution in [3.63, 3.8) is 0 Å². The van der Waals surface area contributed by atoms with Crippen molar-refractivity contribution in [2.45, 2.75) is 0 Å². The van der Waals surface area contributed by atoms with E-state index in [1.165, 1.54) is 47.5 Å². The molecule has 5 aromatic carbocycles. The van der Waals surface area contributed by atoms with Crippen LogP contribution < -0.4 is 5.73 Å². The van der Waals surface area contributed by atoms with Gasteiger partial charge in [-0.1, -0.05) is 66.7 Å². The third-order valence-electron chi connectivity index (χ3n) is 6.53. The highest BCUT2D eigenvalue weighted by Gasteiger charge is 2.16. The number of benzene rings is 5. The van der Waals surface area contributed by atoms with Crippen LogP contribution >= 0.6 is 11.3 Å². The van der Waals surface area contributed by atoms with Crippen LogP contribution in [0.25, 0.3) is 58.8 Å². The molecule has 7 rings (SSSR count). The molecular weight excluding hydrogens is 420 g/mol. The van der Waals surface area contributed by atoms with Crippen LogP contribution in [0.1, 0.15) is 0 Å². The van der Waals surface area contributed by atoms with Gasteiger partial charge in [0, 0.05) is 42.2 Å². The van der Waals surface area contributed by atoms with Crippen molar-refractivity contribution < 1.29 is 0 Å². The molecule has 0 saturated carbocycles. The highest BCUT2D eigenvalue weighted by Crippen LogP contribution is 2.40. The fraction of sp³-hybridized carbons (Fsp3) is 0. The predicted octanol–water partition coefficient (Wildman–Crippen LogP) is 8.40. The fourth-order valence-corrected chi connectivity index (χ4v) is 6.20. The van der Waals surface area contributed by atoms with Crippen molar-refractivity contribution in [2.75, 3.05) is 5.73 Å². The number of aromatic nitrogens is 1. The van der Waals surface area contributed by atoms with Gasteiger partial charge in [0.05, 0.1) is 16.7 Å². The first-order chi connectivity index (χ1) is 16.3. The molecule has 0 saturated heterocycles. The van der Waals surface area contributed by atoms with Crippen molar-refractivity contribution in [2.24, 2.45) is 0 Å². The van der Waals surface area contributed by atoms with Crippen molar-refractivity contribution >= 4 is 59.0 Å². The summed E-state index contributed by atoms with van der Waals surface area (Å²) in [6.07, 6.45) is 0. The van der Waals surface area contributed by atoms with Crippen LogP contribution in [0.2, 0.25) is 0 Å². The average Bonchev–Trinajstić information content (AvgIpc) is 3.39. The molecule has 0 aliphatic rings. The van der Waals surface area contributed by atoms with E-state index in [0.717, 1.165) is 16.9 Å². The van der Waals surface area contributed by atoms with Gasteiger partial charge < -0.3 is 10.3 Å². The van der Waals surface area contributed by atoms with Crippen LogP contribution in [0, 0.1) is 0 Å². The first kappa shape index (κ1) is 18.5. The van der Waals surface area contributed by atoms with Crippen LogP contribution in [0.15, 0.2) is 109 Å². The zero-order valence-corrected chi connectivity index (χ0v) is 18.6. The minimum absolute atomic E-state index is 0.769. The topological polar surface area (TPSA) is 30.9 Å². The third-order valence-corrected chi connectivity index (χ3v) is 7.66. The van der Waals surface area contributed by atoms with E-state index in [2.05, 4.69) is 108 Å². The van der Waals surface area contributed by atoms with E-state index in [1.807, 2.05) is 17.4 Å². The van der Waals surface area contributed by atoms with Crippen molar-refractivity contribution in [1.29, 1.82) is 0 Å². The lowest BCUT2D eigenvalue weighted by Crippen LogP contribution is -1.98. The number of para-hydroxylation sites is 2. The second-order valence-electron chi connectivity index (χ2n) is 8.46. The molecule has 7 aromatic rings. The summed E-state index contributed by atoms with van der Waals surface area (Å²) in [5.74, 6) is 0. The molecule has 0 unspecified atom stereocenters. The number of rotatable bonds is 2. The first-order valence-electron chi connectivity index (χ1n) is 11.1. The number of thiophene rings is 1. The Morgan fingerprint density at radius 3 is 1.94 bits per heavy atom. The van der Waals surface area contributed by atoms with E-state index >= 15 is 0 Å². The maximum absolute atomic E-state index is 6.31. The fourth-order valence-electron chi connectivity index (χ4n) is 5.06. The van der Waals surface area contributed by atoms with Crippen LogP contribution in [0.4, 0.5) is 5.69 Å². The quantitative estimate of drug-likeness (QED) is 0.269. The largest absolute Gasteiger partial charge is 0.399 e. The van der Waals surface area contributed by atoms with E-state index in [0.29, 0.717) is 0 Å². The zero-order chi connectivity index (χ0) is 21.9. The Balaban J connectivity index is 1.54. The number of hydrogen-bond donors (Lipinski definition) is 1. The van der Waals surface area contributed by atoms with Gasteiger partial charge in [0.15, 0.2) is 0 Å². The molecule has 0 aliphatic carbocycles. The Bertz CT molecular complexity index is 1780. The lowest BCUT2D eigenvalue weighted by Gasteiger charge is -2.15. The lowest BCUT2D eigenvalue weighted by molar-refractivity contribution is 1.18. The second kappa shape index (κ2) is 6.96. The van der Waals surface area contributed by atoms with Crippen molar-refractivity contribution in [3.05, 3.63) is 109 Å². The SMILES string of the molecule is Nc1ccc(-n2c3ccccc3c3ccccc32)c(-c2ccc3c(c2)sc2ccccc23)c1. The second-order valence-corrected chi connectivity index (χ2v) is 9.54. The van der Waals surface area contributed by atoms with Gasteiger partial charge in [0.1, 0.15) is 0 Å². The van der Waals surface area contributed by atoms with Crippen molar-refractivity contribution in [3.8, 4) is 16.8 Å². The van der Waals surface area contributed by atoms with Crippen LogP contribution in [-0.4, -0.2) is 4.57 Å². The Morgan fingerprint density at radius 2 is 1.18 bits per heavy atom. The summed E-state index contributed by atoms with van der Waals surface area (Å²) in [7, 11) is 0. The summed E-state index contributed by atoms with van der Waals surface area (Å²) in [5.41, 5.74) is 12.9. The third kappa shape index (κ3) is 2.73. The van der Waals surface area contributed by atoms with E-state index in [-0.39, 0.29) is 0 Å². The highest BCUT2D eigenvalue weighted by molar-refractivity contribution is 7.25. The number of nitrogens with zero attached hydrogens (tertiary/aromatic N) is 1. The number of nitrogens with two attached hydrogens (primary N) is 1. The Hall–Kier alpha value is -4.08. The molecule has 0 fully saturated rings. The molecule has 0 radical (unpaired) electrons. The number of hydrogen-bond acceptors (Lipinski definition) is 2. The molecule has 0 aliphatic heterocycles. The van der Waals surface area contributed by atoms with Gasteiger partial charge in [-0.05, 0) is 48.0 Å². The van der Waals surface area contributed by atoms with Gasteiger partial charge in [-0.25, -0.2) is 0 Å². The molecular formula is C30H20N2S. The maximum Gasteiger partial charge on any atom is 0.0542 e. The number of nitrogen functional groups attached to an aromatic ring is 1. The monoisotopic (exact) mass is 440 g/mol. The molecule has 33 heavy (non-hydrogen) atoms. The minimum Gasteiger partial charge on any atom is -0.399 e. The van der Waals surface area contributed by atoms with E-state index in [9.17, 15) is 0 Å². The molecule has 0 amide bonds. The summed E-state index contributed by atoms with van der Waals surface area (Å²) in [6, 6.07) is 38.9. The van der Waals surface area contributed by atoms with Crippen molar-refractivity contribution in [1.82, 2.24) is 4.57 Å². The maximum atomic E-state index is 6.31. The van der Waals surface area contributed by atoms with Gasteiger partial charge in [0.2, 0.25) is 0 Å². The Labute approximate surface area is 195 Å². The van der Waals surface area contributed by atoms with Crippen LogP contribution in [0.3, 0.4) is 0 Å².